The maximum Gasteiger partial charge on any atom is 0.319 e. The molecular weight excluding hydrogens is 642 g/mol. The highest BCUT2D eigenvalue weighted by molar-refractivity contribution is 5.97. The summed E-state index contributed by atoms with van der Waals surface area (Å²) in [5.41, 5.74) is 3.18. The van der Waals surface area contributed by atoms with E-state index in [0.717, 1.165) is 44.4 Å². The fourth-order valence-corrected chi connectivity index (χ4v) is 9.00. The van der Waals surface area contributed by atoms with Gasteiger partial charge in [-0.15, -0.1) is 0 Å². The molecule has 5 aliphatic rings. The van der Waals surface area contributed by atoms with E-state index in [9.17, 15) is 13.6 Å². The van der Waals surface area contributed by atoms with Crippen LogP contribution in [-0.4, -0.2) is 92.8 Å². The van der Waals surface area contributed by atoms with Gasteiger partial charge in [-0.25, -0.2) is 22.5 Å². The first-order valence-electron chi connectivity index (χ1n) is 17.2. The van der Waals surface area contributed by atoms with E-state index in [1.165, 1.54) is 0 Å². The Morgan fingerprint density at radius 2 is 1.92 bits per heavy atom. The minimum atomic E-state index is -1.16. The molecule has 2 bridgehead atoms. The van der Waals surface area contributed by atoms with Crippen LogP contribution in [0.15, 0.2) is 12.1 Å². The number of ether oxygens (including phenoxy) is 2. The van der Waals surface area contributed by atoms with Gasteiger partial charge in [0.1, 0.15) is 52.8 Å². The van der Waals surface area contributed by atoms with Crippen LogP contribution in [0.3, 0.4) is 0 Å². The van der Waals surface area contributed by atoms with Crippen LogP contribution in [-0.2, 0) is 4.79 Å². The number of nitrogen functional groups attached to an aromatic ring is 1. The number of hydrogen-bond donors (Lipinski definition) is 1. The zero-order chi connectivity index (χ0) is 34.6. The van der Waals surface area contributed by atoms with Gasteiger partial charge >= 0.3 is 6.01 Å². The van der Waals surface area contributed by atoms with Crippen molar-refractivity contribution in [1.29, 1.82) is 0 Å². The van der Waals surface area contributed by atoms with Gasteiger partial charge in [0.05, 0.1) is 17.6 Å². The SMILES string of the molecule is C[C@@H]1Oc2nc(-c3ccc(F)c(N)c3F)c(F)c3nc(OC[C@@]45CCCN4C[C@H](F)C5)nc(c23)N2C[C@H]3CC[C@@H]([C@@H]12)N3C(=O)CC(C)(C)C. The van der Waals surface area contributed by atoms with Crippen molar-refractivity contribution in [2.75, 3.05) is 36.9 Å². The number of nitrogens with two attached hydrogens (primary N) is 1. The Morgan fingerprint density at radius 3 is 2.69 bits per heavy atom. The number of carbonyl (C=O) groups excluding carboxylic acids is 1. The minimum absolute atomic E-state index is 0.0165. The largest absolute Gasteiger partial charge is 0.472 e. The molecule has 4 saturated heterocycles. The lowest BCUT2D eigenvalue weighted by Gasteiger charge is -2.48. The van der Waals surface area contributed by atoms with Crippen LogP contribution in [0.2, 0.25) is 0 Å². The van der Waals surface area contributed by atoms with E-state index in [0.29, 0.717) is 31.7 Å². The quantitative estimate of drug-likeness (QED) is 0.279. The number of benzene rings is 1. The van der Waals surface area contributed by atoms with E-state index in [4.69, 9.17) is 20.2 Å². The molecule has 2 N–H and O–H groups in total. The molecule has 0 spiro atoms. The van der Waals surface area contributed by atoms with Gasteiger partial charge in [-0.1, -0.05) is 20.8 Å². The summed E-state index contributed by atoms with van der Waals surface area (Å²) in [6.07, 6.45) is 2.40. The number of aromatic nitrogens is 3. The average Bonchev–Trinajstić information content (AvgIpc) is 3.64. The van der Waals surface area contributed by atoms with Gasteiger partial charge in [-0.2, -0.15) is 9.97 Å². The van der Waals surface area contributed by atoms with Crippen molar-refractivity contribution in [3.05, 3.63) is 29.6 Å². The highest BCUT2D eigenvalue weighted by Crippen LogP contribution is 2.47. The maximum atomic E-state index is 16.7. The molecule has 8 rings (SSSR count). The van der Waals surface area contributed by atoms with Crippen molar-refractivity contribution in [3.63, 3.8) is 0 Å². The van der Waals surface area contributed by atoms with Crippen molar-refractivity contribution in [2.45, 2.75) is 102 Å². The molecule has 0 aliphatic carbocycles. The first-order chi connectivity index (χ1) is 23.2. The highest BCUT2D eigenvalue weighted by Gasteiger charge is 2.53. The zero-order valence-electron chi connectivity index (χ0n) is 28.1. The Kier molecular flexibility index (Phi) is 7.44. The summed E-state index contributed by atoms with van der Waals surface area (Å²) in [7, 11) is 0. The molecule has 1 aromatic carbocycles. The number of amides is 1. The van der Waals surface area contributed by atoms with Crippen molar-refractivity contribution in [2.24, 2.45) is 5.41 Å². The summed E-state index contributed by atoms with van der Waals surface area (Å²) in [6.45, 7) is 9.62. The van der Waals surface area contributed by atoms with Crippen LogP contribution in [0.5, 0.6) is 11.9 Å². The molecule has 6 atom stereocenters. The Morgan fingerprint density at radius 1 is 1.12 bits per heavy atom. The van der Waals surface area contributed by atoms with Gasteiger partial charge in [-0.05, 0) is 56.7 Å². The normalized spacial score (nSPS) is 29.2. The smallest absolute Gasteiger partial charge is 0.319 e. The average molecular weight is 684 g/mol. The maximum absolute atomic E-state index is 16.7. The fraction of sp³-hybridized carbons (Fsp3) is 0.600. The monoisotopic (exact) mass is 683 g/mol. The van der Waals surface area contributed by atoms with E-state index in [2.05, 4.69) is 19.8 Å². The van der Waals surface area contributed by atoms with Gasteiger partial charge in [0.15, 0.2) is 11.6 Å². The number of nitrogens with zero attached hydrogens (tertiary/aromatic N) is 6. The molecule has 10 nitrogen and oxygen atoms in total. The third kappa shape index (κ3) is 5.15. The number of hydrogen-bond acceptors (Lipinski definition) is 9. The Balaban J connectivity index is 1.26. The molecule has 0 unspecified atom stereocenters. The van der Waals surface area contributed by atoms with E-state index in [1.807, 2.05) is 32.6 Å². The second-order valence-electron chi connectivity index (χ2n) is 15.6. The predicted molar refractivity (Wildman–Crippen MR) is 175 cm³/mol. The van der Waals surface area contributed by atoms with Gasteiger partial charge in [0, 0.05) is 37.5 Å². The van der Waals surface area contributed by atoms with E-state index in [-0.39, 0.29) is 64.4 Å². The number of piperazine rings is 1. The van der Waals surface area contributed by atoms with E-state index in [1.54, 1.807) is 0 Å². The van der Waals surface area contributed by atoms with Crippen molar-refractivity contribution >= 4 is 28.3 Å². The minimum Gasteiger partial charge on any atom is -0.472 e. The van der Waals surface area contributed by atoms with Crippen molar-refractivity contribution in [1.82, 2.24) is 24.8 Å². The van der Waals surface area contributed by atoms with Crippen LogP contribution >= 0.6 is 0 Å². The topological polar surface area (TPSA) is 110 Å². The van der Waals surface area contributed by atoms with E-state index >= 15 is 8.78 Å². The molecule has 14 heteroatoms. The summed E-state index contributed by atoms with van der Waals surface area (Å²) in [5.74, 6) is -2.71. The number of halogens is 4. The fourth-order valence-electron chi connectivity index (χ4n) is 9.00. The molecule has 262 valence electrons. The lowest BCUT2D eigenvalue weighted by Crippen LogP contribution is -2.65. The van der Waals surface area contributed by atoms with Crippen LogP contribution in [0.1, 0.15) is 66.2 Å². The highest BCUT2D eigenvalue weighted by atomic mass is 19.1. The van der Waals surface area contributed by atoms with Gasteiger partial charge in [0.2, 0.25) is 11.8 Å². The molecule has 2 aromatic heterocycles. The van der Waals surface area contributed by atoms with Crippen LogP contribution in [0.4, 0.5) is 29.1 Å². The van der Waals surface area contributed by atoms with Crippen LogP contribution in [0, 0.1) is 22.9 Å². The van der Waals surface area contributed by atoms with Gasteiger partial charge in [0.25, 0.3) is 0 Å². The third-order valence-corrected chi connectivity index (χ3v) is 11.1. The number of rotatable bonds is 5. The number of alkyl halides is 1. The summed E-state index contributed by atoms with van der Waals surface area (Å²) >= 11 is 0. The second-order valence-corrected chi connectivity index (χ2v) is 15.6. The molecule has 0 radical (unpaired) electrons. The molecule has 49 heavy (non-hydrogen) atoms. The summed E-state index contributed by atoms with van der Waals surface area (Å²) in [6, 6.07) is 1.23. The summed E-state index contributed by atoms with van der Waals surface area (Å²) < 4.78 is 73.5. The molecule has 5 aliphatic heterocycles. The number of carbonyl (C=O) groups is 1. The molecule has 1 amide bonds. The van der Waals surface area contributed by atoms with E-state index < -0.39 is 46.6 Å². The number of pyridine rings is 1. The van der Waals surface area contributed by atoms with Crippen LogP contribution in [0.25, 0.3) is 22.2 Å². The first-order valence-corrected chi connectivity index (χ1v) is 17.2. The lowest BCUT2D eigenvalue weighted by molar-refractivity contribution is -0.138. The summed E-state index contributed by atoms with van der Waals surface area (Å²) in [4.78, 5) is 33.7. The lowest BCUT2D eigenvalue weighted by atomic mass is 9.90. The van der Waals surface area contributed by atoms with Gasteiger partial charge in [-0.3, -0.25) is 9.69 Å². The third-order valence-electron chi connectivity index (χ3n) is 11.1. The molecular formula is C35H41F4N7O3. The number of anilines is 2. The first kappa shape index (κ1) is 32.3. The molecule has 3 aromatic rings. The molecule has 0 saturated carbocycles. The molecule has 4 fully saturated rings. The van der Waals surface area contributed by atoms with Gasteiger partial charge < -0.3 is 25.0 Å². The molecule has 7 heterocycles. The second kappa shape index (κ2) is 11.3. The predicted octanol–water partition coefficient (Wildman–Crippen LogP) is 5.41. The zero-order valence-corrected chi connectivity index (χ0v) is 28.1. The van der Waals surface area contributed by atoms with Crippen LogP contribution < -0.4 is 20.1 Å². The van der Waals surface area contributed by atoms with Crippen molar-refractivity contribution < 1.29 is 31.8 Å². The van der Waals surface area contributed by atoms with Crippen molar-refractivity contribution in [3.8, 4) is 23.1 Å². The Hall–Kier alpha value is -3.94. The Bertz CT molecular complexity index is 1860. The summed E-state index contributed by atoms with van der Waals surface area (Å²) in [5, 5.41) is 0.192. The Labute approximate surface area is 281 Å². The number of fused-ring (bicyclic) bond motifs is 6. The standard InChI is InChI=1S/C35H41F4N7O3/c1-17-30-22-9-6-19(46(22)23(47)13-34(2,3)4)15-45(30)31-24-29(42-33(43-31)48-16-35-10-5-11-44(35)14-18(36)12-35)26(39)28(41-32(24)49-17)20-7-8-21(37)27(40)25(20)38/h7-8,17-19,22,30H,5-6,9-16,40H2,1-4H3/t17-,18+,19+,22-,30+,35-/m0/s1.